The van der Waals surface area contributed by atoms with Crippen LogP contribution in [0.4, 0.5) is 10.3 Å². The fraction of sp³-hybridized carbons (Fsp3) is 0.280. The number of ether oxygens (including phenoxy) is 1. The van der Waals surface area contributed by atoms with Gasteiger partial charge in [-0.15, -0.1) is 0 Å². The van der Waals surface area contributed by atoms with Crippen molar-refractivity contribution in [3.8, 4) is 34.3 Å². The van der Waals surface area contributed by atoms with E-state index in [0.29, 0.717) is 28.6 Å². The summed E-state index contributed by atoms with van der Waals surface area (Å²) in [6.45, 7) is 1.46. The monoisotopic (exact) mass is 457 g/mol. The van der Waals surface area contributed by atoms with Crippen molar-refractivity contribution in [3.05, 3.63) is 54.0 Å². The summed E-state index contributed by atoms with van der Waals surface area (Å²) >= 11 is 0. The molecule has 8 nitrogen and oxygen atoms in total. The van der Waals surface area contributed by atoms with Crippen LogP contribution >= 0.6 is 0 Å². The Balaban J connectivity index is 1.73. The lowest BCUT2D eigenvalue weighted by molar-refractivity contribution is 0.397. The number of piperidine rings is 1. The summed E-state index contributed by atoms with van der Waals surface area (Å²) in [6, 6.07) is 12.4. The van der Waals surface area contributed by atoms with E-state index in [1.165, 1.54) is 12.1 Å². The van der Waals surface area contributed by atoms with Crippen molar-refractivity contribution >= 4 is 16.9 Å². The lowest BCUT2D eigenvalue weighted by atomic mass is 9.98. The first-order chi connectivity index (χ1) is 16.5. The number of halogens is 1. The van der Waals surface area contributed by atoms with E-state index < -0.39 is 5.82 Å². The second-order valence-corrected chi connectivity index (χ2v) is 8.46. The first kappa shape index (κ1) is 21.8. The summed E-state index contributed by atoms with van der Waals surface area (Å²) in [5.41, 5.74) is 9.45. The van der Waals surface area contributed by atoms with Gasteiger partial charge in [-0.05, 0) is 42.7 Å². The minimum Gasteiger partial charge on any atom is -0.480 e. The summed E-state index contributed by atoms with van der Waals surface area (Å²) in [5.74, 6) is 0.300. The van der Waals surface area contributed by atoms with Crippen LogP contribution in [0.5, 0.6) is 5.88 Å². The van der Waals surface area contributed by atoms with Crippen LogP contribution in [0, 0.1) is 17.1 Å². The zero-order chi connectivity index (χ0) is 23.8. The molecule has 2 aromatic carbocycles. The van der Waals surface area contributed by atoms with E-state index in [4.69, 9.17) is 20.4 Å². The highest BCUT2D eigenvalue weighted by Crippen LogP contribution is 2.40. The van der Waals surface area contributed by atoms with E-state index in [1.54, 1.807) is 17.9 Å². The molecule has 4 aromatic rings. The van der Waals surface area contributed by atoms with Gasteiger partial charge >= 0.3 is 0 Å². The Kier molecular flexibility index (Phi) is 5.59. The van der Waals surface area contributed by atoms with Crippen LogP contribution in [-0.4, -0.2) is 46.0 Å². The molecule has 3 heterocycles. The highest BCUT2D eigenvalue weighted by molar-refractivity contribution is 5.90. The van der Waals surface area contributed by atoms with Crippen molar-refractivity contribution < 1.29 is 9.13 Å². The first-order valence-corrected chi connectivity index (χ1v) is 11.1. The van der Waals surface area contributed by atoms with Crippen LogP contribution in [0.2, 0.25) is 0 Å². The molecule has 1 saturated heterocycles. The highest BCUT2D eigenvalue weighted by atomic mass is 19.1. The number of aromatic nitrogens is 4. The minimum atomic E-state index is -0.600. The van der Waals surface area contributed by atoms with Crippen molar-refractivity contribution in [1.82, 2.24) is 19.7 Å². The van der Waals surface area contributed by atoms with E-state index in [-0.39, 0.29) is 11.6 Å². The zero-order valence-corrected chi connectivity index (χ0v) is 19.0. The number of benzene rings is 2. The van der Waals surface area contributed by atoms with E-state index in [0.717, 1.165) is 42.4 Å². The predicted octanol–water partition coefficient (Wildman–Crippen LogP) is 3.64. The summed E-state index contributed by atoms with van der Waals surface area (Å²) in [4.78, 5) is 11.7. The van der Waals surface area contributed by atoms with E-state index >= 15 is 0 Å². The summed E-state index contributed by atoms with van der Waals surface area (Å²) in [6.07, 6.45) is 3.61. The first-order valence-electron chi connectivity index (χ1n) is 11.1. The molecule has 2 N–H and O–H groups in total. The summed E-state index contributed by atoms with van der Waals surface area (Å²) < 4.78 is 22.1. The summed E-state index contributed by atoms with van der Waals surface area (Å²) in [5, 5.41) is 14.6. The van der Waals surface area contributed by atoms with E-state index in [1.807, 2.05) is 37.5 Å². The third-order valence-electron chi connectivity index (χ3n) is 6.15. The number of anilines is 1. The second-order valence-electron chi connectivity index (χ2n) is 8.46. The maximum atomic E-state index is 14.6. The van der Waals surface area contributed by atoms with Crippen molar-refractivity contribution in [2.75, 3.05) is 25.1 Å². The van der Waals surface area contributed by atoms with Gasteiger partial charge in [-0.3, -0.25) is 4.68 Å². The van der Waals surface area contributed by atoms with Gasteiger partial charge in [0.1, 0.15) is 11.9 Å². The molecular formula is C25H24FN7O. The Labute approximate surface area is 196 Å². The minimum absolute atomic E-state index is 0.0201. The third kappa shape index (κ3) is 3.93. The smallest absolute Gasteiger partial charge is 0.229 e. The van der Waals surface area contributed by atoms with Crippen molar-refractivity contribution in [1.29, 1.82) is 5.26 Å². The number of fused-ring (bicyclic) bond motifs is 1. The van der Waals surface area contributed by atoms with Gasteiger partial charge in [-0.1, -0.05) is 12.1 Å². The van der Waals surface area contributed by atoms with Crippen LogP contribution in [0.15, 0.2) is 42.6 Å². The highest BCUT2D eigenvalue weighted by Gasteiger charge is 2.24. The Bertz CT molecular complexity index is 1420. The van der Waals surface area contributed by atoms with Gasteiger partial charge in [0.25, 0.3) is 0 Å². The Hall–Kier alpha value is -4.03. The molecule has 0 spiro atoms. The maximum Gasteiger partial charge on any atom is 0.229 e. The predicted molar refractivity (Wildman–Crippen MR) is 128 cm³/mol. The normalized spacial score (nSPS) is 14.4. The lowest BCUT2D eigenvalue weighted by Gasteiger charge is -2.31. The van der Waals surface area contributed by atoms with Gasteiger partial charge in [0, 0.05) is 43.3 Å². The van der Waals surface area contributed by atoms with E-state index in [2.05, 4.69) is 10.00 Å². The fourth-order valence-electron chi connectivity index (χ4n) is 4.34. The van der Waals surface area contributed by atoms with Gasteiger partial charge in [0.2, 0.25) is 11.8 Å². The molecular weight excluding hydrogens is 433 g/mol. The van der Waals surface area contributed by atoms with Crippen LogP contribution in [-0.2, 0) is 7.05 Å². The van der Waals surface area contributed by atoms with Gasteiger partial charge in [-0.25, -0.2) is 9.37 Å². The van der Waals surface area contributed by atoms with Crippen LogP contribution in [0.25, 0.3) is 33.3 Å². The Morgan fingerprint density at radius 1 is 1.12 bits per heavy atom. The standard InChI is InChI=1S/C25H24FN7O/c1-32-14-18-11-15(5-6-21(18)31-32)22-23(16-3-4-17(13-27)20(26)12-16)29-25(30-24(22)34-2)33-9-7-19(28)8-10-33/h3-6,11-12,14,19H,7-10,28H2,1-2H3. The van der Waals surface area contributed by atoms with Gasteiger partial charge in [0.05, 0.1) is 29.4 Å². The van der Waals surface area contributed by atoms with Crippen LogP contribution in [0.3, 0.4) is 0 Å². The number of hydrogen-bond acceptors (Lipinski definition) is 7. The number of aryl methyl sites for hydroxylation is 1. The van der Waals surface area contributed by atoms with Gasteiger partial charge in [-0.2, -0.15) is 15.3 Å². The largest absolute Gasteiger partial charge is 0.480 e. The molecule has 5 rings (SSSR count). The molecule has 1 fully saturated rings. The molecule has 0 unspecified atom stereocenters. The Morgan fingerprint density at radius 2 is 1.88 bits per heavy atom. The molecule has 0 saturated carbocycles. The third-order valence-corrected chi connectivity index (χ3v) is 6.15. The van der Waals surface area contributed by atoms with Crippen LogP contribution < -0.4 is 15.4 Å². The molecule has 0 atom stereocenters. The van der Waals surface area contributed by atoms with Gasteiger partial charge in [0.15, 0.2) is 0 Å². The number of nitriles is 1. The zero-order valence-electron chi connectivity index (χ0n) is 19.0. The number of hydrogen-bond donors (Lipinski definition) is 1. The maximum absolute atomic E-state index is 14.6. The number of nitrogens with two attached hydrogens (primary N) is 1. The van der Waals surface area contributed by atoms with Crippen molar-refractivity contribution in [3.63, 3.8) is 0 Å². The SMILES string of the molecule is COc1nc(N2CCC(N)CC2)nc(-c2ccc(C#N)c(F)c2)c1-c1ccc2nn(C)cc2c1. The quantitative estimate of drug-likeness (QED) is 0.499. The van der Waals surface area contributed by atoms with Crippen molar-refractivity contribution in [2.24, 2.45) is 12.8 Å². The number of methoxy groups -OCH3 is 1. The molecule has 0 amide bonds. The number of nitrogens with zero attached hydrogens (tertiary/aromatic N) is 6. The lowest BCUT2D eigenvalue weighted by Crippen LogP contribution is -2.40. The Morgan fingerprint density at radius 3 is 2.59 bits per heavy atom. The molecule has 0 bridgehead atoms. The number of rotatable bonds is 4. The molecule has 172 valence electrons. The molecule has 2 aromatic heterocycles. The molecule has 1 aliphatic rings. The molecule has 34 heavy (non-hydrogen) atoms. The molecule has 0 radical (unpaired) electrons. The summed E-state index contributed by atoms with van der Waals surface area (Å²) in [7, 11) is 3.43. The molecule has 0 aliphatic carbocycles. The fourth-order valence-corrected chi connectivity index (χ4v) is 4.34. The topological polar surface area (TPSA) is 106 Å². The van der Waals surface area contributed by atoms with Gasteiger partial charge < -0.3 is 15.4 Å². The van der Waals surface area contributed by atoms with E-state index in [9.17, 15) is 9.65 Å². The molecule has 1 aliphatic heterocycles. The second kappa shape index (κ2) is 8.72. The average Bonchev–Trinajstić information content (AvgIpc) is 3.22. The van der Waals surface area contributed by atoms with Crippen molar-refractivity contribution in [2.45, 2.75) is 18.9 Å². The average molecular weight is 458 g/mol. The molecule has 9 heteroatoms. The van der Waals surface area contributed by atoms with Crippen LogP contribution in [0.1, 0.15) is 18.4 Å².